The van der Waals surface area contributed by atoms with Gasteiger partial charge < -0.3 is 0 Å². The van der Waals surface area contributed by atoms with Gasteiger partial charge in [-0.05, 0) is 47.9 Å². The van der Waals surface area contributed by atoms with E-state index in [1.54, 1.807) is 6.07 Å². The van der Waals surface area contributed by atoms with Crippen molar-refractivity contribution in [2.75, 3.05) is 0 Å². The third-order valence-corrected chi connectivity index (χ3v) is 3.57. The minimum atomic E-state index is -4.12. The first-order valence-electron chi connectivity index (χ1n) is 4.87. The van der Waals surface area contributed by atoms with E-state index in [4.69, 9.17) is 4.55 Å². The Morgan fingerprint density at radius 1 is 0.941 bits per heavy atom. The van der Waals surface area contributed by atoms with E-state index in [0.717, 1.165) is 21.9 Å². The Morgan fingerprint density at radius 3 is 2.00 bits per heavy atom. The summed E-state index contributed by atoms with van der Waals surface area (Å²) in [7, 11) is -4.12. The van der Waals surface area contributed by atoms with Gasteiger partial charge in [0.2, 0.25) is 0 Å². The summed E-state index contributed by atoms with van der Waals surface area (Å²) < 4.78 is 31.0. The SMILES string of the molecule is Cc1ccc(C)c2cc(S(=O)(=O)O)ccc12.[BH4-]. The molecule has 5 heteroatoms. The van der Waals surface area contributed by atoms with E-state index in [1.165, 1.54) is 12.1 Å². The molecule has 0 aliphatic heterocycles. The largest absolute Gasteiger partial charge is 0.294 e. The maximum atomic E-state index is 11.0. The number of hydrogen-bond acceptors (Lipinski definition) is 2. The summed E-state index contributed by atoms with van der Waals surface area (Å²) >= 11 is 0. The number of rotatable bonds is 1. The van der Waals surface area contributed by atoms with E-state index >= 15 is 0 Å². The van der Waals surface area contributed by atoms with E-state index in [9.17, 15) is 8.42 Å². The van der Waals surface area contributed by atoms with Crippen LogP contribution in [0.25, 0.3) is 10.8 Å². The molecule has 0 aliphatic rings. The third kappa shape index (κ3) is 2.51. The monoisotopic (exact) mass is 251 g/mol. The van der Waals surface area contributed by atoms with Crippen molar-refractivity contribution in [2.45, 2.75) is 18.7 Å². The van der Waals surface area contributed by atoms with Gasteiger partial charge in [0.15, 0.2) is 0 Å². The summed E-state index contributed by atoms with van der Waals surface area (Å²) in [5, 5.41) is 1.86. The first-order valence-corrected chi connectivity index (χ1v) is 6.31. The highest BCUT2D eigenvalue weighted by Crippen LogP contribution is 2.24. The molecule has 0 saturated carbocycles. The molecule has 0 aromatic heterocycles. The molecule has 0 aliphatic carbocycles. The zero-order chi connectivity index (χ0) is 11.9. The summed E-state index contributed by atoms with van der Waals surface area (Å²) in [5.41, 5.74) is 2.08. The van der Waals surface area contributed by atoms with Gasteiger partial charge in [0.1, 0.15) is 0 Å². The van der Waals surface area contributed by atoms with Gasteiger partial charge in [0, 0.05) is 0 Å². The number of fused-ring (bicyclic) bond motifs is 1. The van der Waals surface area contributed by atoms with Crippen LogP contribution in [0.4, 0.5) is 0 Å². The highest BCUT2D eigenvalue weighted by Gasteiger charge is 2.11. The van der Waals surface area contributed by atoms with Gasteiger partial charge in [-0.15, -0.1) is 0 Å². The fourth-order valence-electron chi connectivity index (χ4n) is 1.78. The molecular weight excluding hydrogens is 235 g/mol. The van der Waals surface area contributed by atoms with Crippen LogP contribution in [-0.2, 0) is 10.1 Å². The lowest BCUT2D eigenvalue weighted by Gasteiger charge is -2.06. The van der Waals surface area contributed by atoms with Gasteiger partial charge in [-0.3, -0.25) is 4.55 Å². The molecule has 2 rings (SSSR count). The first-order chi connectivity index (χ1) is 7.39. The van der Waals surface area contributed by atoms with Crippen molar-refractivity contribution in [3.63, 3.8) is 0 Å². The molecule has 17 heavy (non-hydrogen) atoms. The number of benzene rings is 2. The highest BCUT2D eigenvalue weighted by atomic mass is 32.2. The molecule has 1 N–H and O–H groups in total. The molecule has 92 valence electrons. The Labute approximate surface area is 103 Å². The van der Waals surface area contributed by atoms with Crippen LogP contribution in [0.3, 0.4) is 0 Å². The summed E-state index contributed by atoms with van der Waals surface area (Å²) in [4.78, 5) is -0.0614. The second-order valence-corrected chi connectivity index (χ2v) is 5.30. The lowest BCUT2D eigenvalue weighted by molar-refractivity contribution is 0.483. The quantitative estimate of drug-likeness (QED) is 0.613. The molecule has 3 nitrogen and oxygen atoms in total. The molecule has 0 bridgehead atoms. The Bertz CT molecular complexity index is 663. The summed E-state index contributed by atoms with van der Waals surface area (Å²) in [6.45, 7) is 3.88. The molecular formula is C12H16BO3S-. The maximum absolute atomic E-state index is 11.0. The zero-order valence-corrected chi connectivity index (χ0v) is 9.88. The highest BCUT2D eigenvalue weighted by molar-refractivity contribution is 7.85. The average molecular weight is 251 g/mol. The van der Waals surface area contributed by atoms with E-state index < -0.39 is 10.1 Å². The molecule has 0 saturated heterocycles. The van der Waals surface area contributed by atoms with Gasteiger partial charge in [0.25, 0.3) is 10.1 Å². The fraction of sp³-hybridized carbons (Fsp3) is 0.167. The summed E-state index contributed by atoms with van der Waals surface area (Å²) in [5.74, 6) is 0. The molecule has 0 radical (unpaired) electrons. The lowest BCUT2D eigenvalue weighted by Crippen LogP contribution is -1.98. The molecule has 2 aromatic rings. The van der Waals surface area contributed by atoms with Crippen molar-refractivity contribution in [3.8, 4) is 0 Å². The van der Waals surface area contributed by atoms with Crippen molar-refractivity contribution in [1.82, 2.24) is 0 Å². The smallest absolute Gasteiger partial charge is 0.282 e. The van der Waals surface area contributed by atoms with Gasteiger partial charge >= 0.3 is 0 Å². The third-order valence-electron chi connectivity index (χ3n) is 2.72. The summed E-state index contributed by atoms with van der Waals surface area (Å²) in [6, 6.07) is 8.58. The number of hydrogen-bond donors (Lipinski definition) is 1. The van der Waals surface area contributed by atoms with Crippen LogP contribution in [0.1, 0.15) is 11.1 Å². The van der Waals surface area contributed by atoms with Gasteiger partial charge in [-0.1, -0.05) is 26.6 Å². The second-order valence-electron chi connectivity index (χ2n) is 3.88. The van der Waals surface area contributed by atoms with Crippen molar-refractivity contribution in [3.05, 3.63) is 41.5 Å². The van der Waals surface area contributed by atoms with E-state index in [2.05, 4.69) is 0 Å². The predicted molar refractivity (Wildman–Crippen MR) is 74.6 cm³/mol. The van der Waals surface area contributed by atoms with Crippen LogP contribution < -0.4 is 0 Å². The molecule has 0 heterocycles. The van der Waals surface area contributed by atoms with E-state index in [1.807, 2.05) is 26.0 Å². The van der Waals surface area contributed by atoms with Gasteiger partial charge in [-0.2, -0.15) is 8.42 Å². The standard InChI is InChI=1S/C12H12O3S.BH4/c1-8-3-4-9(2)12-7-10(16(13,14)15)5-6-11(8)12;/h3-7H,1-2H3,(H,13,14,15);1H4/q;-1. The maximum Gasteiger partial charge on any atom is 0.294 e. The van der Waals surface area contributed by atoms with Crippen LogP contribution in [0.5, 0.6) is 0 Å². The Morgan fingerprint density at radius 2 is 1.47 bits per heavy atom. The topological polar surface area (TPSA) is 54.4 Å². The van der Waals surface area contributed by atoms with Crippen molar-refractivity contribution in [2.24, 2.45) is 0 Å². The van der Waals surface area contributed by atoms with Gasteiger partial charge in [0.05, 0.1) is 4.90 Å². The van der Waals surface area contributed by atoms with E-state index in [-0.39, 0.29) is 13.3 Å². The molecule has 0 spiro atoms. The van der Waals surface area contributed by atoms with Crippen LogP contribution in [0.15, 0.2) is 35.2 Å². The Kier molecular flexibility index (Phi) is 3.64. The molecule has 2 aromatic carbocycles. The predicted octanol–water partition coefficient (Wildman–Crippen LogP) is 1.25. The van der Waals surface area contributed by atoms with Crippen LogP contribution in [-0.4, -0.2) is 21.4 Å². The van der Waals surface area contributed by atoms with Crippen molar-refractivity contribution < 1.29 is 13.0 Å². The molecule has 0 atom stereocenters. The minimum Gasteiger partial charge on any atom is -0.282 e. The molecule has 0 amide bonds. The van der Waals surface area contributed by atoms with Crippen molar-refractivity contribution in [1.29, 1.82) is 0 Å². The van der Waals surface area contributed by atoms with E-state index in [0.29, 0.717) is 0 Å². The fourth-order valence-corrected chi connectivity index (χ4v) is 2.29. The summed E-state index contributed by atoms with van der Waals surface area (Å²) in [6.07, 6.45) is 0. The first kappa shape index (κ1) is 13.7. The molecule has 0 unspecified atom stereocenters. The van der Waals surface area contributed by atoms with Crippen molar-refractivity contribution >= 4 is 29.3 Å². The minimum absolute atomic E-state index is 0. The Balaban J connectivity index is 0.00000144. The lowest BCUT2D eigenvalue weighted by atomic mass is 10.0. The molecule has 0 fully saturated rings. The average Bonchev–Trinajstić information content (AvgIpc) is 2.22. The van der Waals surface area contributed by atoms with Gasteiger partial charge in [-0.25, -0.2) is 0 Å². The Hall–Kier alpha value is -1.33. The van der Waals surface area contributed by atoms with Crippen LogP contribution >= 0.6 is 0 Å². The zero-order valence-electron chi connectivity index (χ0n) is 9.06. The normalized spacial score (nSPS) is 11.2. The second kappa shape index (κ2) is 4.51. The number of aryl methyl sites for hydroxylation is 2. The van der Waals surface area contributed by atoms with Crippen LogP contribution in [0.2, 0.25) is 0 Å². The van der Waals surface area contributed by atoms with Crippen LogP contribution in [0, 0.1) is 13.8 Å².